The van der Waals surface area contributed by atoms with Gasteiger partial charge in [-0.1, -0.05) is 23.9 Å². The van der Waals surface area contributed by atoms with Crippen LogP contribution in [0.15, 0.2) is 40.5 Å². The molecule has 92 valence electrons. The van der Waals surface area contributed by atoms with Crippen molar-refractivity contribution in [1.82, 2.24) is 9.97 Å². The van der Waals surface area contributed by atoms with Gasteiger partial charge >= 0.3 is 5.97 Å². The number of carboxylic acid groups (broad SMARTS) is 1. The predicted molar refractivity (Wildman–Crippen MR) is 69.0 cm³/mol. The third-order valence-corrected chi connectivity index (χ3v) is 3.49. The number of nitrogens with zero attached hydrogens (tertiary/aromatic N) is 2. The van der Waals surface area contributed by atoms with Crippen LogP contribution in [0, 0.1) is 13.8 Å². The number of aryl methyl sites for hydroxylation is 2. The van der Waals surface area contributed by atoms with E-state index in [0.717, 1.165) is 10.5 Å². The molecule has 0 aliphatic rings. The summed E-state index contributed by atoms with van der Waals surface area (Å²) in [6.07, 6.45) is 2.76. The number of rotatable bonds is 3. The first kappa shape index (κ1) is 12.6. The van der Waals surface area contributed by atoms with Crippen molar-refractivity contribution in [3.05, 3.63) is 47.4 Å². The van der Waals surface area contributed by atoms with Crippen molar-refractivity contribution in [2.45, 2.75) is 23.8 Å². The Labute approximate surface area is 109 Å². The van der Waals surface area contributed by atoms with Crippen LogP contribution in [0.4, 0.5) is 0 Å². The molecule has 0 amide bonds. The van der Waals surface area contributed by atoms with Gasteiger partial charge in [0.05, 0.1) is 12.4 Å². The quantitative estimate of drug-likeness (QED) is 0.919. The number of hydrogen-bond donors (Lipinski definition) is 1. The van der Waals surface area contributed by atoms with Crippen molar-refractivity contribution in [3.63, 3.8) is 0 Å². The summed E-state index contributed by atoms with van der Waals surface area (Å²) in [6, 6.07) is 6.18. The van der Waals surface area contributed by atoms with E-state index in [1.54, 1.807) is 0 Å². The molecule has 1 aromatic carbocycles. The Hall–Kier alpha value is -1.88. The Morgan fingerprint density at radius 3 is 2.61 bits per heavy atom. The van der Waals surface area contributed by atoms with Gasteiger partial charge in [-0.05, 0) is 31.0 Å². The van der Waals surface area contributed by atoms with Crippen molar-refractivity contribution in [1.29, 1.82) is 0 Å². The second kappa shape index (κ2) is 5.18. The number of aromatic nitrogens is 2. The van der Waals surface area contributed by atoms with Gasteiger partial charge in [0.2, 0.25) is 0 Å². The smallest absolute Gasteiger partial charge is 0.356 e. The van der Waals surface area contributed by atoms with Crippen LogP contribution in [0.3, 0.4) is 0 Å². The van der Waals surface area contributed by atoms with Crippen LogP contribution in [-0.2, 0) is 0 Å². The van der Waals surface area contributed by atoms with E-state index < -0.39 is 5.97 Å². The van der Waals surface area contributed by atoms with Gasteiger partial charge < -0.3 is 5.11 Å². The molecule has 0 saturated carbocycles. The number of hydrogen-bond acceptors (Lipinski definition) is 4. The average Bonchev–Trinajstić information content (AvgIpc) is 2.34. The summed E-state index contributed by atoms with van der Waals surface area (Å²) in [5, 5.41) is 9.43. The molecule has 0 radical (unpaired) electrons. The standard InChI is InChI=1S/C13H12N2O2S/c1-8-3-4-9(2)11(5-8)18-12-7-14-10(6-15-12)13(16)17/h3-7H,1-2H3,(H,16,17). The summed E-state index contributed by atoms with van der Waals surface area (Å²) >= 11 is 1.48. The maximum Gasteiger partial charge on any atom is 0.356 e. The molecule has 0 atom stereocenters. The molecule has 0 aliphatic carbocycles. The molecule has 1 aromatic heterocycles. The molecule has 0 fully saturated rings. The third-order valence-electron chi connectivity index (χ3n) is 2.41. The monoisotopic (exact) mass is 260 g/mol. The predicted octanol–water partition coefficient (Wildman–Crippen LogP) is 2.94. The van der Waals surface area contributed by atoms with Gasteiger partial charge in [-0.3, -0.25) is 0 Å². The molecule has 1 heterocycles. The van der Waals surface area contributed by atoms with Gasteiger partial charge in [0.1, 0.15) is 5.03 Å². The SMILES string of the molecule is Cc1ccc(C)c(Sc2cnc(C(=O)O)cn2)c1. The first-order valence-corrected chi connectivity index (χ1v) is 6.18. The Kier molecular flexibility index (Phi) is 3.62. The first-order valence-electron chi connectivity index (χ1n) is 5.36. The van der Waals surface area contributed by atoms with E-state index in [9.17, 15) is 4.79 Å². The number of aromatic carboxylic acids is 1. The zero-order chi connectivity index (χ0) is 13.1. The molecule has 2 aromatic rings. The highest BCUT2D eigenvalue weighted by molar-refractivity contribution is 7.99. The lowest BCUT2D eigenvalue weighted by Crippen LogP contribution is -2.00. The fourth-order valence-electron chi connectivity index (χ4n) is 1.41. The lowest BCUT2D eigenvalue weighted by molar-refractivity contribution is 0.0689. The molecular weight excluding hydrogens is 248 g/mol. The van der Waals surface area contributed by atoms with E-state index in [1.807, 2.05) is 13.8 Å². The molecule has 1 N–H and O–H groups in total. The average molecular weight is 260 g/mol. The van der Waals surface area contributed by atoms with E-state index in [2.05, 4.69) is 28.2 Å². The largest absolute Gasteiger partial charge is 0.476 e. The van der Waals surface area contributed by atoms with Crippen molar-refractivity contribution in [3.8, 4) is 0 Å². The highest BCUT2D eigenvalue weighted by atomic mass is 32.2. The molecule has 18 heavy (non-hydrogen) atoms. The van der Waals surface area contributed by atoms with Crippen LogP contribution < -0.4 is 0 Å². The summed E-state index contributed by atoms with van der Waals surface area (Å²) in [7, 11) is 0. The third kappa shape index (κ3) is 2.87. The van der Waals surface area contributed by atoms with E-state index >= 15 is 0 Å². The van der Waals surface area contributed by atoms with Crippen molar-refractivity contribution in [2.24, 2.45) is 0 Å². The highest BCUT2D eigenvalue weighted by Gasteiger charge is 2.07. The summed E-state index contributed by atoms with van der Waals surface area (Å²) in [4.78, 5) is 19.7. The first-order chi connectivity index (χ1) is 8.56. The van der Waals surface area contributed by atoms with Crippen LogP contribution in [0.25, 0.3) is 0 Å². The van der Waals surface area contributed by atoms with E-state index in [4.69, 9.17) is 5.11 Å². The molecule has 4 nitrogen and oxygen atoms in total. The molecule has 0 unspecified atom stereocenters. The second-order valence-corrected chi connectivity index (χ2v) is 4.98. The van der Waals surface area contributed by atoms with Crippen LogP contribution >= 0.6 is 11.8 Å². The molecule has 0 spiro atoms. The highest BCUT2D eigenvalue weighted by Crippen LogP contribution is 2.29. The molecule has 0 aliphatic heterocycles. The van der Waals surface area contributed by atoms with Crippen molar-refractivity contribution < 1.29 is 9.90 Å². The maximum absolute atomic E-state index is 10.7. The second-order valence-electron chi connectivity index (χ2n) is 3.92. The topological polar surface area (TPSA) is 63.1 Å². The van der Waals surface area contributed by atoms with E-state index in [0.29, 0.717) is 5.03 Å². The van der Waals surface area contributed by atoms with Crippen molar-refractivity contribution >= 4 is 17.7 Å². The van der Waals surface area contributed by atoms with Crippen LogP contribution in [0.1, 0.15) is 21.6 Å². The normalized spacial score (nSPS) is 10.3. The summed E-state index contributed by atoms with van der Waals surface area (Å²) in [5.41, 5.74) is 2.30. The van der Waals surface area contributed by atoms with E-state index in [1.165, 1.54) is 29.7 Å². The van der Waals surface area contributed by atoms with Crippen LogP contribution in [0.2, 0.25) is 0 Å². The minimum atomic E-state index is -1.06. The number of carboxylic acids is 1. The molecule has 0 bridgehead atoms. The Bertz CT molecular complexity index is 582. The zero-order valence-electron chi connectivity index (χ0n) is 10.0. The van der Waals surface area contributed by atoms with Crippen molar-refractivity contribution in [2.75, 3.05) is 0 Å². The molecule has 5 heteroatoms. The van der Waals surface area contributed by atoms with Gasteiger partial charge in [-0.25, -0.2) is 14.8 Å². The Morgan fingerprint density at radius 1 is 1.22 bits per heavy atom. The number of carbonyl (C=O) groups is 1. The van der Waals surface area contributed by atoms with Gasteiger partial charge in [-0.15, -0.1) is 0 Å². The molecule has 2 rings (SSSR count). The van der Waals surface area contributed by atoms with Gasteiger partial charge in [0.25, 0.3) is 0 Å². The Balaban J connectivity index is 2.23. The van der Waals surface area contributed by atoms with Crippen LogP contribution in [-0.4, -0.2) is 21.0 Å². The molecular formula is C13H12N2O2S. The zero-order valence-corrected chi connectivity index (χ0v) is 10.9. The lowest BCUT2D eigenvalue weighted by Gasteiger charge is -2.05. The lowest BCUT2D eigenvalue weighted by atomic mass is 10.2. The fourth-order valence-corrected chi connectivity index (χ4v) is 2.32. The van der Waals surface area contributed by atoms with Gasteiger partial charge in [0, 0.05) is 4.90 Å². The van der Waals surface area contributed by atoms with Gasteiger partial charge in [0.15, 0.2) is 5.69 Å². The summed E-state index contributed by atoms with van der Waals surface area (Å²) in [6.45, 7) is 4.06. The van der Waals surface area contributed by atoms with Crippen LogP contribution in [0.5, 0.6) is 0 Å². The molecule has 0 saturated heterocycles. The minimum Gasteiger partial charge on any atom is -0.476 e. The summed E-state index contributed by atoms with van der Waals surface area (Å²) < 4.78 is 0. The summed E-state index contributed by atoms with van der Waals surface area (Å²) in [5.74, 6) is -1.06. The Morgan fingerprint density at radius 2 is 2.00 bits per heavy atom. The fraction of sp³-hybridized carbons (Fsp3) is 0.154. The van der Waals surface area contributed by atoms with Gasteiger partial charge in [-0.2, -0.15) is 0 Å². The maximum atomic E-state index is 10.7. The number of benzene rings is 1. The minimum absolute atomic E-state index is 0.0414. The van der Waals surface area contributed by atoms with E-state index in [-0.39, 0.29) is 5.69 Å².